The fourth-order valence-electron chi connectivity index (χ4n) is 7.39. The SMILES string of the molecule is COc1ccccc1C1(O)C(O)CC(c2ccccc2)(c2ccccc2)C2CN(C(=O)Cc3ccc(N)cc3)CC21. The molecule has 4 aromatic carbocycles. The number of aliphatic hydroxyl groups is 2. The molecule has 4 atom stereocenters. The average molecular weight is 549 g/mol. The van der Waals surface area contributed by atoms with E-state index >= 15 is 0 Å². The monoisotopic (exact) mass is 548 g/mol. The minimum Gasteiger partial charge on any atom is -0.496 e. The third-order valence-corrected chi connectivity index (χ3v) is 9.35. The highest BCUT2D eigenvalue weighted by Gasteiger charge is 2.64. The van der Waals surface area contributed by atoms with Crippen LogP contribution in [0.4, 0.5) is 5.69 Å². The van der Waals surface area contributed by atoms with Crippen LogP contribution < -0.4 is 10.5 Å². The molecule has 4 N–H and O–H groups in total. The van der Waals surface area contributed by atoms with E-state index in [-0.39, 0.29) is 24.7 Å². The maximum atomic E-state index is 13.8. The van der Waals surface area contributed by atoms with E-state index in [0.717, 1.165) is 16.7 Å². The van der Waals surface area contributed by atoms with E-state index in [0.29, 0.717) is 30.1 Å². The van der Waals surface area contributed by atoms with Crippen molar-refractivity contribution in [3.8, 4) is 5.75 Å². The Hall–Kier alpha value is -4.13. The van der Waals surface area contributed by atoms with Crippen LogP contribution in [0.15, 0.2) is 109 Å². The minimum absolute atomic E-state index is 0.0175. The molecule has 1 saturated heterocycles. The molecule has 210 valence electrons. The van der Waals surface area contributed by atoms with Crippen molar-refractivity contribution in [3.63, 3.8) is 0 Å². The van der Waals surface area contributed by atoms with Gasteiger partial charge in [0.25, 0.3) is 0 Å². The number of para-hydroxylation sites is 1. The number of carbonyl (C=O) groups is 1. The summed E-state index contributed by atoms with van der Waals surface area (Å²) in [5.41, 5.74) is 7.83. The molecule has 1 heterocycles. The van der Waals surface area contributed by atoms with Crippen LogP contribution in [0.1, 0.15) is 28.7 Å². The number of methoxy groups -OCH3 is 1. The number of hydrogen-bond acceptors (Lipinski definition) is 5. The van der Waals surface area contributed by atoms with E-state index in [1.165, 1.54) is 0 Å². The molecule has 4 aromatic rings. The summed E-state index contributed by atoms with van der Waals surface area (Å²) in [4.78, 5) is 15.7. The Kier molecular flexibility index (Phi) is 7.06. The van der Waals surface area contributed by atoms with Gasteiger partial charge in [0.2, 0.25) is 5.91 Å². The summed E-state index contributed by atoms with van der Waals surface area (Å²) in [7, 11) is 1.57. The molecule has 1 amide bonds. The fourth-order valence-corrected chi connectivity index (χ4v) is 7.39. The standard InChI is InChI=1S/C35H36N2O4/c1-41-31-15-9-8-14-28(31)35(40)30-23-37(33(39)20-24-16-18-27(36)19-17-24)22-29(30)34(21-32(35)38,25-10-4-2-5-11-25)26-12-6-3-7-13-26/h2-19,29-30,32,38,40H,20-23,36H2,1H3. The number of benzene rings is 4. The second-order valence-electron chi connectivity index (χ2n) is 11.4. The van der Waals surface area contributed by atoms with E-state index in [2.05, 4.69) is 24.3 Å². The molecule has 6 nitrogen and oxygen atoms in total. The summed E-state index contributed by atoms with van der Waals surface area (Å²) < 4.78 is 5.68. The van der Waals surface area contributed by atoms with Gasteiger partial charge in [-0.1, -0.05) is 91.0 Å². The number of rotatable bonds is 6. The third kappa shape index (κ3) is 4.48. The summed E-state index contributed by atoms with van der Waals surface area (Å²) in [6.07, 6.45) is -0.594. The van der Waals surface area contributed by atoms with Crippen LogP contribution in [0.3, 0.4) is 0 Å². The average Bonchev–Trinajstić information content (AvgIpc) is 3.48. The number of amides is 1. The van der Waals surface area contributed by atoms with Gasteiger partial charge in [0, 0.05) is 35.7 Å². The van der Waals surface area contributed by atoms with Crippen LogP contribution >= 0.6 is 0 Å². The molecule has 1 saturated carbocycles. The van der Waals surface area contributed by atoms with E-state index in [1.807, 2.05) is 77.7 Å². The van der Waals surface area contributed by atoms with Gasteiger partial charge < -0.3 is 25.6 Å². The number of aliphatic hydroxyl groups excluding tert-OH is 1. The zero-order valence-corrected chi connectivity index (χ0v) is 23.2. The summed E-state index contributed by atoms with van der Waals surface area (Å²) in [6, 6.07) is 35.2. The van der Waals surface area contributed by atoms with Gasteiger partial charge in [-0.3, -0.25) is 4.79 Å². The van der Waals surface area contributed by atoms with Crippen molar-refractivity contribution in [2.75, 3.05) is 25.9 Å². The Labute approximate surface area is 241 Å². The lowest BCUT2D eigenvalue weighted by atomic mass is 9.51. The molecule has 2 aliphatic rings. The third-order valence-electron chi connectivity index (χ3n) is 9.35. The number of likely N-dealkylation sites (tertiary alicyclic amines) is 1. The van der Waals surface area contributed by atoms with Crippen molar-refractivity contribution in [1.82, 2.24) is 4.90 Å². The molecule has 2 fully saturated rings. The smallest absolute Gasteiger partial charge is 0.227 e. The molecule has 1 aliphatic carbocycles. The molecule has 6 rings (SSSR count). The van der Waals surface area contributed by atoms with Gasteiger partial charge in [-0.15, -0.1) is 0 Å². The maximum absolute atomic E-state index is 13.8. The number of hydrogen-bond donors (Lipinski definition) is 3. The second-order valence-corrected chi connectivity index (χ2v) is 11.4. The first-order chi connectivity index (χ1) is 19.9. The molecule has 4 unspecified atom stereocenters. The summed E-state index contributed by atoms with van der Waals surface area (Å²) >= 11 is 0. The van der Waals surface area contributed by atoms with E-state index in [1.54, 1.807) is 19.2 Å². The van der Waals surface area contributed by atoms with Crippen LogP contribution in [0.5, 0.6) is 5.75 Å². The van der Waals surface area contributed by atoms with Gasteiger partial charge in [-0.05, 0) is 47.2 Å². The molecular weight excluding hydrogens is 512 g/mol. The number of nitrogens with two attached hydrogens (primary N) is 1. The first-order valence-electron chi connectivity index (χ1n) is 14.1. The number of fused-ring (bicyclic) bond motifs is 1. The number of anilines is 1. The Balaban J connectivity index is 1.50. The highest BCUT2D eigenvalue weighted by molar-refractivity contribution is 5.79. The second kappa shape index (κ2) is 10.7. The molecular formula is C35H36N2O4. The van der Waals surface area contributed by atoms with Crippen molar-refractivity contribution >= 4 is 11.6 Å². The number of nitrogen functional groups attached to an aromatic ring is 1. The zero-order chi connectivity index (χ0) is 28.6. The van der Waals surface area contributed by atoms with Gasteiger partial charge >= 0.3 is 0 Å². The fraction of sp³-hybridized carbons (Fsp3) is 0.286. The minimum atomic E-state index is -1.62. The molecule has 0 bridgehead atoms. The molecule has 0 aromatic heterocycles. The first-order valence-corrected chi connectivity index (χ1v) is 14.1. The van der Waals surface area contributed by atoms with Crippen molar-refractivity contribution in [2.24, 2.45) is 11.8 Å². The number of nitrogens with zero attached hydrogens (tertiary/aromatic N) is 1. The Morgan fingerprint density at radius 3 is 2.02 bits per heavy atom. The topological polar surface area (TPSA) is 96.0 Å². The molecule has 1 aliphatic heterocycles. The zero-order valence-electron chi connectivity index (χ0n) is 23.2. The normalized spacial score (nSPS) is 25.0. The Morgan fingerprint density at radius 2 is 1.41 bits per heavy atom. The summed E-state index contributed by atoms with van der Waals surface area (Å²) in [5.74, 6) is -0.137. The molecule has 41 heavy (non-hydrogen) atoms. The van der Waals surface area contributed by atoms with Crippen LogP contribution in [-0.4, -0.2) is 47.3 Å². The largest absolute Gasteiger partial charge is 0.496 e. The van der Waals surface area contributed by atoms with Crippen LogP contribution in [-0.2, 0) is 22.2 Å². The van der Waals surface area contributed by atoms with Gasteiger partial charge in [0.1, 0.15) is 11.4 Å². The number of ether oxygens (including phenoxy) is 1. The van der Waals surface area contributed by atoms with Crippen molar-refractivity contribution < 1.29 is 19.7 Å². The first kappa shape index (κ1) is 27.1. The quantitative estimate of drug-likeness (QED) is 0.308. The predicted molar refractivity (Wildman–Crippen MR) is 159 cm³/mol. The summed E-state index contributed by atoms with van der Waals surface area (Å²) in [5, 5.41) is 24.7. The Bertz CT molecular complexity index is 1470. The highest BCUT2D eigenvalue weighted by Crippen LogP contribution is 2.60. The Morgan fingerprint density at radius 1 is 0.854 bits per heavy atom. The van der Waals surface area contributed by atoms with E-state index in [4.69, 9.17) is 10.5 Å². The molecule has 0 spiro atoms. The van der Waals surface area contributed by atoms with Crippen molar-refractivity contribution in [1.29, 1.82) is 0 Å². The molecule has 0 radical (unpaired) electrons. The van der Waals surface area contributed by atoms with Crippen molar-refractivity contribution in [2.45, 2.75) is 30.0 Å². The lowest BCUT2D eigenvalue weighted by Crippen LogP contribution is -2.60. The van der Waals surface area contributed by atoms with Crippen molar-refractivity contribution in [3.05, 3.63) is 131 Å². The number of carbonyl (C=O) groups excluding carboxylic acids is 1. The molecule has 6 heteroatoms. The van der Waals surface area contributed by atoms with E-state index < -0.39 is 23.0 Å². The highest BCUT2D eigenvalue weighted by atomic mass is 16.5. The van der Waals surface area contributed by atoms with Crippen LogP contribution in [0, 0.1) is 11.8 Å². The lowest BCUT2D eigenvalue weighted by Gasteiger charge is -2.55. The van der Waals surface area contributed by atoms with Gasteiger partial charge in [0.15, 0.2) is 0 Å². The lowest BCUT2D eigenvalue weighted by molar-refractivity contribution is -0.168. The van der Waals surface area contributed by atoms with Gasteiger partial charge in [-0.25, -0.2) is 0 Å². The van der Waals surface area contributed by atoms with Gasteiger partial charge in [-0.2, -0.15) is 0 Å². The van der Waals surface area contributed by atoms with E-state index in [9.17, 15) is 15.0 Å². The van der Waals surface area contributed by atoms with Crippen LogP contribution in [0.2, 0.25) is 0 Å². The van der Waals surface area contributed by atoms with Gasteiger partial charge in [0.05, 0.1) is 19.6 Å². The maximum Gasteiger partial charge on any atom is 0.227 e. The predicted octanol–water partition coefficient (Wildman–Crippen LogP) is 4.53. The van der Waals surface area contributed by atoms with Crippen LogP contribution in [0.25, 0.3) is 0 Å². The summed E-state index contributed by atoms with van der Waals surface area (Å²) in [6.45, 7) is 0.762.